The maximum absolute atomic E-state index is 11.0. The van der Waals surface area contributed by atoms with Crippen LogP contribution in [0, 0.1) is 12.8 Å². The van der Waals surface area contributed by atoms with E-state index >= 15 is 0 Å². The lowest BCUT2D eigenvalue weighted by atomic mass is 9.89. The number of nitrogens with zero attached hydrogens (tertiary/aromatic N) is 3. The third-order valence-corrected chi connectivity index (χ3v) is 4.74. The van der Waals surface area contributed by atoms with Crippen molar-refractivity contribution in [1.82, 2.24) is 20.0 Å². The van der Waals surface area contributed by atoms with Gasteiger partial charge < -0.3 is 9.88 Å². The minimum Gasteiger partial charge on any atom is -0.352 e. The van der Waals surface area contributed by atoms with Gasteiger partial charge in [-0.05, 0) is 37.8 Å². The van der Waals surface area contributed by atoms with Crippen LogP contribution >= 0.6 is 24.8 Å². The highest BCUT2D eigenvalue weighted by Crippen LogP contribution is 2.26. The molecule has 1 aliphatic carbocycles. The standard InChI is InChI=1S/C19H25N5O2.2ClH/c1-14-16(7-8-18(25)23-26)11-20-19(21-14)22-17-9-10-24(13-17)12-15-5-3-2-4-6-15;;/h7-11,13,15,26H,2-6,12H2,1H3,(H,23,25)(H,20,21,22);2*1H. The molecule has 0 unspecified atom stereocenters. The SMILES string of the molecule is Cc1nc(Nc2ccn(CC3CCCCC3)c2)ncc1C=CC(=O)NO.Cl.Cl. The second-order valence-corrected chi connectivity index (χ2v) is 6.77. The number of carbonyl (C=O) groups is 1. The molecule has 0 atom stereocenters. The number of hydroxylamine groups is 1. The van der Waals surface area contributed by atoms with Crippen LogP contribution in [0.5, 0.6) is 0 Å². The van der Waals surface area contributed by atoms with Gasteiger partial charge in [0, 0.05) is 36.8 Å². The molecule has 28 heavy (non-hydrogen) atoms. The summed E-state index contributed by atoms with van der Waals surface area (Å²) >= 11 is 0. The summed E-state index contributed by atoms with van der Waals surface area (Å²) in [6, 6.07) is 2.03. The van der Waals surface area contributed by atoms with Gasteiger partial charge in [0.1, 0.15) is 0 Å². The Morgan fingerprint density at radius 3 is 2.75 bits per heavy atom. The molecule has 0 spiro atoms. The molecule has 1 amide bonds. The van der Waals surface area contributed by atoms with Crippen LogP contribution in [0.3, 0.4) is 0 Å². The third-order valence-electron chi connectivity index (χ3n) is 4.74. The number of hydrogen-bond donors (Lipinski definition) is 3. The molecule has 1 aliphatic rings. The van der Waals surface area contributed by atoms with E-state index in [0.29, 0.717) is 11.5 Å². The van der Waals surface area contributed by atoms with Gasteiger partial charge in [0.25, 0.3) is 5.91 Å². The summed E-state index contributed by atoms with van der Waals surface area (Å²) in [6.07, 6.45) is 15.3. The Morgan fingerprint density at radius 1 is 1.32 bits per heavy atom. The minimum atomic E-state index is -0.592. The van der Waals surface area contributed by atoms with Gasteiger partial charge in [-0.2, -0.15) is 0 Å². The van der Waals surface area contributed by atoms with Gasteiger partial charge in [0.15, 0.2) is 0 Å². The molecular weight excluding hydrogens is 401 g/mol. The molecule has 1 fully saturated rings. The predicted molar refractivity (Wildman–Crippen MR) is 115 cm³/mol. The number of carbonyl (C=O) groups excluding carboxylic acids is 1. The molecule has 3 N–H and O–H groups in total. The van der Waals surface area contributed by atoms with Crippen molar-refractivity contribution in [3.05, 3.63) is 42.0 Å². The Bertz CT molecular complexity index is 788. The maximum atomic E-state index is 11.0. The number of halogens is 2. The van der Waals surface area contributed by atoms with E-state index in [0.717, 1.165) is 23.8 Å². The van der Waals surface area contributed by atoms with Crippen molar-refractivity contribution in [3.8, 4) is 0 Å². The molecule has 2 heterocycles. The molecule has 2 aromatic rings. The fourth-order valence-corrected chi connectivity index (χ4v) is 3.33. The first-order valence-electron chi connectivity index (χ1n) is 9.02. The molecule has 2 aromatic heterocycles. The molecule has 3 rings (SSSR count). The molecule has 0 radical (unpaired) electrons. The van der Waals surface area contributed by atoms with Crippen LogP contribution in [-0.4, -0.2) is 25.6 Å². The van der Waals surface area contributed by atoms with Gasteiger partial charge in [0.05, 0.1) is 11.4 Å². The largest absolute Gasteiger partial charge is 0.352 e. The zero-order chi connectivity index (χ0) is 18.4. The number of aryl methyl sites for hydroxylation is 1. The smallest absolute Gasteiger partial charge is 0.267 e. The Labute approximate surface area is 177 Å². The molecule has 9 heteroatoms. The Morgan fingerprint density at radius 2 is 2.07 bits per heavy atom. The van der Waals surface area contributed by atoms with Gasteiger partial charge in [0.2, 0.25) is 5.95 Å². The monoisotopic (exact) mass is 427 g/mol. The summed E-state index contributed by atoms with van der Waals surface area (Å²) in [4.78, 5) is 19.8. The topological polar surface area (TPSA) is 92.1 Å². The molecule has 7 nitrogen and oxygen atoms in total. The summed E-state index contributed by atoms with van der Waals surface area (Å²) in [7, 11) is 0. The van der Waals surface area contributed by atoms with Crippen molar-refractivity contribution in [1.29, 1.82) is 0 Å². The van der Waals surface area contributed by atoms with Crippen molar-refractivity contribution in [2.45, 2.75) is 45.6 Å². The lowest BCUT2D eigenvalue weighted by molar-refractivity contribution is -0.124. The summed E-state index contributed by atoms with van der Waals surface area (Å²) in [5.74, 6) is 0.706. The summed E-state index contributed by atoms with van der Waals surface area (Å²) in [6.45, 7) is 2.91. The van der Waals surface area contributed by atoms with Gasteiger partial charge in [-0.25, -0.2) is 15.4 Å². The number of anilines is 2. The zero-order valence-corrected chi connectivity index (χ0v) is 17.4. The number of hydrogen-bond acceptors (Lipinski definition) is 5. The predicted octanol–water partition coefficient (Wildman–Crippen LogP) is 4.27. The van der Waals surface area contributed by atoms with Gasteiger partial charge in [-0.3, -0.25) is 10.0 Å². The lowest BCUT2D eigenvalue weighted by Crippen LogP contribution is -2.14. The second kappa shape index (κ2) is 11.7. The van der Waals surface area contributed by atoms with Crippen molar-refractivity contribution in [3.63, 3.8) is 0 Å². The second-order valence-electron chi connectivity index (χ2n) is 6.77. The van der Waals surface area contributed by atoms with E-state index in [1.54, 1.807) is 17.8 Å². The molecule has 154 valence electrons. The lowest BCUT2D eigenvalue weighted by Gasteiger charge is -2.21. The number of amides is 1. The Balaban J connectivity index is 0.00000196. The summed E-state index contributed by atoms with van der Waals surface area (Å²) in [5.41, 5.74) is 3.97. The Hall–Kier alpha value is -2.09. The van der Waals surface area contributed by atoms with Gasteiger partial charge in [-0.1, -0.05) is 19.3 Å². The number of nitrogens with one attached hydrogen (secondary N) is 2. The van der Waals surface area contributed by atoms with Crippen molar-refractivity contribution in [2.24, 2.45) is 5.92 Å². The van der Waals surface area contributed by atoms with Crippen LogP contribution in [0.4, 0.5) is 11.6 Å². The van der Waals surface area contributed by atoms with E-state index in [1.807, 2.05) is 13.0 Å². The molecule has 0 aromatic carbocycles. The van der Waals surface area contributed by atoms with E-state index in [4.69, 9.17) is 5.21 Å². The Kier molecular flexibility index (Phi) is 9.99. The highest BCUT2D eigenvalue weighted by atomic mass is 35.5. The van der Waals surface area contributed by atoms with Crippen molar-refractivity contribution in [2.75, 3.05) is 5.32 Å². The summed E-state index contributed by atoms with van der Waals surface area (Å²) in [5, 5.41) is 11.7. The zero-order valence-electron chi connectivity index (χ0n) is 15.8. The fourth-order valence-electron chi connectivity index (χ4n) is 3.33. The first-order valence-corrected chi connectivity index (χ1v) is 9.02. The van der Waals surface area contributed by atoms with E-state index in [-0.39, 0.29) is 24.8 Å². The highest BCUT2D eigenvalue weighted by Gasteiger charge is 2.14. The van der Waals surface area contributed by atoms with Gasteiger partial charge in [-0.15, -0.1) is 24.8 Å². The van der Waals surface area contributed by atoms with Crippen LogP contribution in [0.15, 0.2) is 30.7 Å². The van der Waals surface area contributed by atoms with Crippen LogP contribution in [0.25, 0.3) is 6.08 Å². The number of aromatic nitrogens is 3. The van der Waals surface area contributed by atoms with E-state index in [1.165, 1.54) is 38.2 Å². The van der Waals surface area contributed by atoms with E-state index in [9.17, 15) is 4.79 Å². The average Bonchev–Trinajstić information content (AvgIpc) is 3.08. The number of rotatable bonds is 6. The van der Waals surface area contributed by atoms with Crippen LogP contribution in [0.1, 0.15) is 43.4 Å². The maximum Gasteiger partial charge on any atom is 0.267 e. The van der Waals surface area contributed by atoms with E-state index < -0.39 is 5.91 Å². The minimum absolute atomic E-state index is 0. The van der Waals surface area contributed by atoms with Crippen molar-refractivity contribution < 1.29 is 10.0 Å². The summed E-state index contributed by atoms with van der Waals surface area (Å²) < 4.78 is 2.23. The highest BCUT2D eigenvalue weighted by molar-refractivity contribution is 5.90. The quantitative estimate of drug-likeness (QED) is 0.363. The molecule has 0 aliphatic heterocycles. The molecular formula is C19H27Cl2N5O2. The normalized spacial score (nSPS) is 14.2. The average molecular weight is 428 g/mol. The van der Waals surface area contributed by atoms with E-state index in [2.05, 4.69) is 32.2 Å². The molecule has 1 saturated carbocycles. The van der Waals surface area contributed by atoms with Crippen LogP contribution < -0.4 is 10.8 Å². The van der Waals surface area contributed by atoms with Crippen LogP contribution in [0.2, 0.25) is 0 Å². The van der Waals surface area contributed by atoms with Crippen molar-refractivity contribution >= 4 is 48.4 Å². The van der Waals surface area contributed by atoms with Crippen LogP contribution in [-0.2, 0) is 11.3 Å². The first kappa shape index (κ1) is 23.9. The molecule has 0 bridgehead atoms. The molecule has 0 saturated heterocycles. The third kappa shape index (κ3) is 6.82. The fraction of sp³-hybridized carbons (Fsp3) is 0.421. The first-order chi connectivity index (χ1) is 12.6. The van der Waals surface area contributed by atoms with Gasteiger partial charge >= 0.3 is 0 Å².